The molecule has 0 radical (unpaired) electrons. The molecule has 0 bridgehead atoms. The van der Waals surface area contributed by atoms with Crippen LogP contribution in [0.5, 0.6) is 5.75 Å². The second kappa shape index (κ2) is 6.73. The van der Waals surface area contributed by atoms with E-state index in [1.807, 2.05) is 24.3 Å². The number of aromatic carboxylic acids is 1. The van der Waals surface area contributed by atoms with E-state index in [-0.39, 0.29) is 12.2 Å². The largest absolute Gasteiger partial charge is 0.497 e. The molecule has 0 saturated heterocycles. The van der Waals surface area contributed by atoms with Gasteiger partial charge in [-0.15, -0.1) is 0 Å². The number of benzene rings is 2. The van der Waals surface area contributed by atoms with Crippen LogP contribution in [0.3, 0.4) is 0 Å². The highest BCUT2D eigenvalue weighted by Gasteiger charge is 2.08. The number of methoxy groups -OCH3 is 1. The normalized spacial score (nSPS) is 10.2. The Balaban J connectivity index is 1.94. The number of carboxylic acids is 1. The minimum atomic E-state index is -0.936. The van der Waals surface area contributed by atoms with Crippen molar-refractivity contribution < 1.29 is 19.4 Å². The minimum Gasteiger partial charge on any atom is -0.497 e. The topological polar surface area (TPSA) is 55.8 Å². The molecule has 1 N–H and O–H groups in total. The number of hydrogen-bond acceptors (Lipinski definition) is 3. The van der Waals surface area contributed by atoms with Crippen molar-refractivity contribution in [2.45, 2.75) is 13.2 Å². The van der Waals surface area contributed by atoms with Crippen LogP contribution in [0.2, 0.25) is 0 Å². The summed E-state index contributed by atoms with van der Waals surface area (Å²) in [5, 5.41) is 9.07. The first-order valence-electron chi connectivity index (χ1n) is 6.22. The molecule has 0 fully saturated rings. The van der Waals surface area contributed by atoms with Crippen molar-refractivity contribution in [3.8, 4) is 5.75 Å². The maximum Gasteiger partial charge on any atom is 0.336 e. The van der Waals surface area contributed by atoms with Crippen molar-refractivity contribution in [3.05, 3.63) is 65.2 Å². The first-order chi connectivity index (χ1) is 9.70. The summed E-state index contributed by atoms with van der Waals surface area (Å²) in [6.07, 6.45) is 0. The van der Waals surface area contributed by atoms with E-state index in [2.05, 4.69) is 0 Å². The maximum atomic E-state index is 11.1. The highest BCUT2D eigenvalue weighted by atomic mass is 16.5. The molecule has 0 heterocycles. The van der Waals surface area contributed by atoms with Crippen LogP contribution in [-0.2, 0) is 18.0 Å². The molecule has 0 atom stereocenters. The molecule has 0 amide bonds. The van der Waals surface area contributed by atoms with Crippen molar-refractivity contribution in [1.29, 1.82) is 0 Å². The molecule has 0 spiro atoms. The number of rotatable bonds is 6. The Labute approximate surface area is 117 Å². The SMILES string of the molecule is COc1ccc(COCc2ccccc2C(=O)O)cc1. The Hall–Kier alpha value is -2.33. The third-order valence-electron chi connectivity index (χ3n) is 2.93. The highest BCUT2D eigenvalue weighted by Crippen LogP contribution is 2.14. The second-order valence-corrected chi connectivity index (χ2v) is 4.30. The first-order valence-corrected chi connectivity index (χ1v) is 6.22. The Kier molecular flexibility index (Phi) is 4.74. The van der Waals surface area contributed by atoms with Crippen molar-refractivity contribution in [2.75, 3.05) is 7.11 Å². The smallest absolute Gasteiger partial charge is 0.336 e. The summed E-state index contributed by atoms with van der Waals surface area (Å²) in [7, 11) is 1.62. The van der Waals surface area contributed by atoms with Crippen LogP contribution in [0.1, 0.15) is 21.5 Å². The van der Waals surface area contributed by atoms with Crippen LogP contribution >= 0.6 is 0 Å². The second-order valence-electron chi connectivity index (χ2n) is 4.30. The number of carbonyl (C=O) groups is 1. The fourth-order valence-electron chi connectivity index (χ4n) is 1.86. The van der Waals surface area contributed by atoms with Gasteiger partial charge in [-0.1, -0.05) is 30.3 Å². The quantitative estimate of drug-likeness (QED) is 0.877. The molecule has 4 heteroatoms. The molecule has 2 rings (SSSR count). The summed E-state index contributed by atoms with van der Waals surface area (Å²) in [6, 6.07) is 14.4. The van der Waals surface area contributed by atoms with Crippen LogP contribution in [-0.4, -0.2) is 18.2 Å². The number of ether oxygens (including phenoxy) is 2. The van der Waals surface area contributed by atoms with Gasteiger partial charge in [-0.2, -0.15) is 0 Å². The summed E-state index contributed by atoms with van der Waals surface area (Å²) in [4.78, 5) is 11.1. The van der Waals surface area contributed by atoms with E-state index in [0.29, 0.717) is 12.2 Å². The summed E-state index contributed by atoms with van der Waals surface area (Å²) < 4.78 is 10.6. The lowest BCUT2D eigenvalue weighted by Gasteiger charge is -2.08. The zero-order chi connectivity index (χ0) is 14.4. The van der Waals surface area contributed by atoms with Crippen LogP contribution in [0.25, 0.3) is 0 Å². The predicted molar refractivity (Wildman–Crippen MR) is 74.9 cm³/mol. The van der Waals surface area contributed by atoms with Crippen molar-refractivity contribution >= 4 is 5.97 Å². The van der Waals surface area contributed by atoms with Gasteiger partial charge in [0.25, 0.3) is 0 Å². The lowest BCUT2D eigenvalue weighted by molar-refractivity contribution is 0.0684. The molecule has 2 aromatic carbocycles. The van der Waals surface area contributed by atoms with Crippen LogP contribution in [0.4, 0.5) is 0 Å². The average molecular weight is 272 g/mol. The molecule has 0 aromatic heterocycles. The average Bonchev–Trinajstić information content (AvgIpc) is 2.48. The van der Waals surface area contributed by atoms with E-state index in [0.717, 1.165) is 11.3 Å². The van der Waals surface area contributed by atoms with Crippen molar-refractivity contribution in [2.24, 2.45) is 0 Å². The summed E-state index contributed by atoms with van der Waals surface area (Å²) in [5.74, 6) is -0.140. The van der Waals surface area contributed by atoms with Gasteiger partial charge < -0.3 is 14.6 Å². The Bertz CT molecular complexity index is 575. The van der Waals surface area contributed by atoms with E-state index >= 15 is 0 Å². The molecule has 20 heavy (non-hydrogen) atoms. The molecule has 0 unspecified atom stereocenters. The van der Waals surface area contributed by atoms with Gasteiger partial charge in [0.1, 0.15) is 5.75 Å². The number of hydrogen-bond donors (Lipinski definition) is 1. The van der Waals surface area contributed by atoms with Gasteiger partial charge in [0.2, 0.25) is 0 Å². The Morgan fingerprint density at radius 1 is 1.05 bits per heavy atom. The molecule has 0 saturated carbocycles. The van der Waals surface area contributed by atoms with Crippen molar-refractivity contribution in [1.82, 2.24) is 0 Å². The molecular weight excluding hydrogens is 256 g/mol. The lowest BCUT2D eigenvalue weighted by atomic mass is 10.1. The summed E-state index contributed by atoms with van der Waals surface area (Å²) >= 11 is 0. The summed E-state index contributed by atoms with van der Waals surface area (Å²) in [6.45, 7) is 0.701. The maximum absolute atomic E-state index is 11.1. The molecule has 0 aliphatic heterocycles. The molecule has 4 nitrogen and oxygen atoms in total. The van der Waals surface area contributed by atoms with E-state index in [4.69, 9.17) is 14.6 Å². The van der Waals surface area contributed by atoms with E-state index in [1.54, 1.807) is 31.4 Å². The number of carboxylic acid groups (broad SMARTS) is 1. The minimum absolute atomic E-state index is 0.272. The standard InChI is InChI=1S/C16H16O4/c1-19-14-8-6-12(7-9-14)10-20-11-13-4-2-3-5-15(13)16(17)18/h2-9H,10-11H2,1H3,(H,17,18). The lowest BCUT2D eigenvalue weighted by Crippen LogP contribution is -2.04. The zero-order valence-corrected chi connectivity index (χ0v) is 11.2. The van der Waals surface area contributed by atoms with Crippen LogP contribution in [0.15, 0.2) is 48.5 Å². The Morgan fingerprint density at radius 3 is 2.40 bits per heavy atom. The van der Waals surface area contributed by atoms with Gasteiger partial charge in [-0.25, -0.2) is 4.79 Å². The molecule has 2 aromatic rings. The van der Waals surface area contributed by atoms with E-state index in [9.17, 15) is 4.79 Å². The predicted octanol–water partition coefficient (Wildman–Crippen LogP) is 3.11. The zero-order valence-electron chi connectivity index (χ0n) is 11.2. The van der Waals surface area contributed by atoms with Gasteiger partial charge in [-0.05, 0) is 29.3 Å². The van der Waals surface area contributed by atoms with Gasteiger partial charge >= 0.3 is 5.97 Å². The molecular formula is C16H16O4. The van der Waals surface area contributed by atoms with Gasteiger partial charge in [-0.3, -0.25) is 0 Å². The van der Waals surface area contributed by atoms with Crippen LogP contribution in [0, 0.1) is 0 Å². The molecule has 104 valence electrons. The summed E-state index contributed by atoms with van der Waals surface area (Å²) in [5.41, 5.74) is 1.97. The van der Waals surface area contributed by atoms with Gasteiger partial charge in [0, 0.05) is 0 Å². The first kappa shape index (κ1) is 14.1. The van der Waals surface area contributed by atoms with Gasteiger partial charge in [0.15, 0.2) is 0 Å². The highest BCUT2D eigenvalue weighted by molar-refractivity contribution is 5.89. The van der Waals surface area contributed by atoms with E-state index < -0.39 is 5.97 Å². The third kappa shape index (κ3) is 3.59. The molecule has 0 aliphatic rings. The fraction of sp³-hybridized carbons (Fsp3) is 0.188. The Morgan fingerprint density at radius 2 is 1.75 bits per heavy atom. The molecule has 0 aliphatic carbocycles. The third-order valence-corrected chi connectivity index (χ3v) is 2.93. The fourth-order valence-corrected chi connectivity index (χ4v) is 1.86. The van der Waals surface area contributed by atoms with Gasteiger partial charge in [0.05, 0.1) is 25.9 Å². The monoisotopic (exact) mass is 272 g/mol. The van der Waals surface area contributed by atoms with E-state index in [1.165, 1.54) is 0 Å². The van der Waals surface area contributed by atoms with Crippen molar-refractivity contribution in [3.63, 3.8) is 0 Å². The van der Waals surface area contributed by atoms with Crippen LogP contribution < -0.4 is 4.74 Å².